The zero-order valence-corrected chi connectivity index (χ0v) is 13.0. The summed E-state index contributed by atoms with van der Waals surface area (Å²) in [6.45, 7) is 4.78. The molecule has 0 bridgehead atoms. The Morgan fingerprint density at radius 2 is 1.81 bits per heavy atom. The number of carbonyl (C=O) groups is 3. The van der Waals surface area contributed by atoms with E-state index in [4.69, 9.17) is 5.11 Å². The van der Waals surface area contributed by atoms with Gasteiger partial charge in [0, 0.05) is 20.1 Å². The number of piperidine rings is 1. The number of likely N-dealkylation sites (tertiary alicyclic amines) is 1. The Balaban J connectivity index is 2.56. The molecule has 1 saturated heterocycles. The molecule has 1 rings (SSSR count). The van der Waals surface area contributed by atoms with Crippen molar-refractivity contribution >= 4 is 17.9 Å². The van der Waals surface area contributed by atoms with E-state index in [1.54, 1.807) is 18.7 Å². The van der Waals surface area contributed by atoms with E-state index in [-0.39, 0.29) is 5.91 Å². The first-order valence-electron chi connectivity index (χ1n) is 7.43. The van der Waals surface area contributed by atoms with Crippen molar-refractivity contribution in [2.24, 2.45) is 0 Å². The number of carboxylic acid groups (broad SMARTS) is 1. The van der Waals surface area contributed by atoms with Crippen LogP contribution in [-0.2, 0) is 9.59 Å². The van der Waals surface area contributed by atoms with Crippen LogP contribution in [0.4, 0.5) is 4.79 Å². The maximum Gasteiger partial charge on any atom is 0.326 e. The van der Waals surface area contributed by atoms with Crippen LogP contribution in [-0.4, -0.2) is 65.0 Å². The molecule has 2 unspecified atom stereocenters. The molecule has 2 atom stereocenters. The monoisotopic (exact) mass is 299 g/mol. The van der Waals surface area contributed by atoms with Crippen molar-refractivity contribution < 1.29 is 19.5 Å². The van der Waals surface area contributed by atoms with Crippen LogP contribution >= 0.6 is 0 Å². The van der Waals surface area contributed by atoms with Crippen molar-refractivity contribution in [2.45, 2.75) is 51.6 Å². The van der Waals surface area contributed by atoms with Crippen molar-refractivity contribution in [3.05, 3.63) is 0 Å². The fourth-order valence-corrected chi connectivity index (χ4v) is 2.49. The third-order valence-corrected chi connectivity index (χ3v) is 3.84. The van der Waals surface area contributed by atoms with Gasteiger partial charge in [0.2, 0.25) is 5.91 Å². The molecule has 7 heteroatoms. The maximum atomic E-state index is 12.2. The van der Waals surface area contributed by atoms with Gasteiger partial charge in [-0.2, -0.15) is 0 Å². The van der Waals surface area contributed by atoms with E-state index < -0.39 is 24.1 Å². The Morgan fingerprint density at radius 1 is 1.24 bits per heavy atom. The predicted molar refractivity (Wildman–Crippen MR) is 77.9 cm³/mol. The van der Waals surface area contributed by atoms with Gasteiger partial charge in [-0.3, -0.25) is 4.79 Å². The molecule has 0 aromatic carbocycles. The average Bonchev–Trinajstić information content (AvgIpc) is 2.47. The van der Waals surface area contributed by atoms with Crippen LogP contribution in [0.1, 0.15) is 39.5 Å². The number of nitrogens with one attached hydrogen (secondary N) is 1. The SMILES string of the molecule is CCC(C(=O)O)N(C)C(=O)NC(C)C(=O)N1CCCCC1. The van der Waals surface area contributed by atoms with E-state index >= 15 is 0 Å². The van der Waals surface area contributed by atoms with E-state index in [0.717, 1.165) is 37.3 Å². The highest BCUT2D eigenvalue weighted by Gasteiger charge is 2.28. The van der Waals surface area contributed by atoms with Gasteiger partial charge in [-0.15, -0.1) is 0 Å². The third kappa shape index (κ3) is 4.61. The predicted octanol–water partition coefficient (Wildman–Crippen LogP) is 0.892. The summed E-state index contributed by atoms with van der Waals surface area (Å²) in [6.07, 6.45) is 3.42. The highest BCUT2D eigenvalue weighted by molar-refractivity contribution is 5.88. The smallest absolute Gasteiger partial charge is 0.326 e. The number of hydrogen-bond acceptors (Lipinski definition) is 3. The lowest BCUT2D eigenvalue weighted by Crippen LogP contribution is -2.54. The zero-order chi connectivity index (χ0) is 16.0. The average molecular weight is 299 g/mol. The highest BCUT2D eigenvalue weighted by atomic mass is 16.4. The van der Waals surface area contributed by atoms with Crippen molar-refractivity contribution in [3.63, 3.8) is 0 Å². The van der Waals surface area contributed by atoms with Crippen LogP contribution < -0.4 is 5.32 Å². The summed E-state index contributed by atoms with van der Waals surface area (Å²) < 4.78 is 0. The van der Waals surface area contributed by atoms with Crippen LogP contribution in [0, 0.1) is 0 Å². The van der Waals surface area contributed by atoms with E-state index in [1.165, 1.54) is 7.05 Å². The standard InChI is InChI=1S/C14H25N3O4/c1-4-11(13(19)20)16(3)14(21)15-10(2)12(18)17-8-6-5-7-9-17/h10-11H,4-9H2,1-3H3,(H,15,21)(H,19,20). The number of carboxylic acids is 1. The molecule has 2 N–H and O–H groups in total. The Kier molecular flexibility index (Phi) is 6.45. The largest absolute Gasteiger partial charge is 0.480 e. The summed E-state index contributed by atoms with van der Waals surface area (Å²) in [7, 11) is 1.43. The topological polar surface area (TPSA) is 90.0 Å². The number of carbonyl (C=O) groups excluding carboxylic acids is 2. The maximum absolute atomic E-state index is 12.2. The molecule has 0 spiro atoms. The van der Waals surface area contributed by atoms with Gasteiger partial charge in [0.15, 0.2) is 0 Å². The minimum atomic E-state index is -1.05. The summed E-state index contributed by atoms with van der Waals surface area (Å²) in [6, 6.07) is -2.08. The van der Waals surface area contributed by atoms with Crippen LogP contribution in [0.3, 0.4) is 0 Å². The fraction of sp³-hybridized carbons (Fsp3) is 0.786. The Hall–Kier alpha value is -1.79. The molecular formula is C14H25N3O4. The van der Waals surface area contributed by atoms with Gasteiger partial charge >= 0.3 is 12.0 Å². The Labute approximate surface area is 125 Å². The molecule has 21 heavy (non-hydrogen) atoms. The van der Waals surface area contributed by atoms with Crippen LogP contribution in [0.25, 0.3) is 0 Å². The Morgan fingerprint density at radius 3 is 2.29 bits per heavy atom. The molecule has 0 saturated carbocycles. The molecule has 0 aromatic heterocycles. The second-order valence-electron chi connectivity index (χ2n) is 5.43. The molecule has 1 fully saturated rings. The number of nitrogens with zero attached hydrogens (tertiary/aromatic N) is 2. The van der Waals surface area contributed by atoms with Gasteiger partial charge in [-0.1, -0.05) is 6.92 Å². The normalized spacial score (nSPS) is 17.8. The van der Waals surface area contributed by atoms with Gasteiger partial charge in [-0.25, -0.2) is 9.59 Å². The number of urea groups is 1. The van der Waals surface area contributed by atoms with Gasteiger partial charge < -0.3 is 20.2 Å². The lowest BCUT2D eigenvalue weighted by molar-refractivity contribution is -0.141. The van der Waals surface area contributed by atoms with Gasteiger partial charge in [-0.05, 0) is 32.6 Å². The Bertz CT molecular complexity index is 394. The fourth-order valence-electron chi connectivity index (χ4n) is 2.49. The quantitative estimate of drug-likeness (QED) is 0.789. The van der Waals surface area contributed by atoms with E-state index in [0.29, 0.717) is 6.42 Å². The first kappa shape index (κ1) is 17.3. The summed E-state index contributed by atoms with van der Waals surface area (Å²) in [5.74, 6) is -1.16. The highest BCUT2D eigenvalue weighted by Crippen LogP contribution is 2.10. The third-order valence-electron chi connectivity index (χ3n) is 3.84. The van der Waals surface area contributed by atoms with E-state index in [9.17, 15) is 14.4 Å². The van der Waals surface area contributed by atoms with Crippen LogP contribution in [0.5, 0.6) is 0 Å². The van der Waals surface area contributed by atoms with Crippen molar-refractivity contribution in [1.82, 2.24) is 15.1 Å². The number of amides is 3. The van der Waals surface area contributed by atoms with E-state index in [1.807, 2.05) is 0 Å². The van der Waals surface area contributed by atoms with Crippen molar-refractivity contribution in [2.75, 3.05) is 20.1 Å². The second kappa shape index (κ2) is 7.85. The van der Waals surface area contributed by atoms with Crippen LogP contribution in [0.15, 0.2) is 0 Å². The number of rotatable bonds is 5. The van der Waals surface area contributed by atoms with Crippen molar-refractivity contribution in [1.29, 1.82) is 0 Å². The first-order valence-corrected chi connectivity index (χ1v) is 7.43. The summed E-state index contributed by atoms with van der Waals surface area (Å²) in [4.78, 5) is 38.2. The molecule has 0 radical (unpaired) electrons. The first-order chi connectivity index (χ1) is 9.88. The summed E-state index contributed by atoms with van der Waals surface area (Å²) >= 11 is 0. The number of aliphatic carboxylic acids is 1. The van der Waals surface area contributed by atoms with Gasteiger partial charge in [0.25, 0.3) is 0 Å². The molecule has 3 amide bonds. The summed E-state index contributed by atoms with van der Waals surface area (Å²) in [5.41, 5.74) is 0. The van der Waals surface area contributed by atoms with E-state index in [2.05, 4.69) is 5.32 Å². The number of hydrogen-bond donors (Lipinski definition) is 2. The minimum Gasteiger partial charge on any atom is -0.480 e. The molecular weight excluding hydrogens is 274 g/mol. The molecule has 0 aliphatic carbocycles. The molecule has 1 aliphatic rings. The molecule has 0 aromatic rings. The zero-order valence-electron chi connectivity index (χ0n) is 13.0. The molecule has 120 valence electrons. The van der Waals surface area contributed by atoms with Gasteiger partial charge in [0.05, 0.1) is 0 Å². The molecule has 7 nitrogen and oxygen atoms in total. The molecule has 1 heterocycles. The lowest BCUT2D eigenvalue weighted by Gasteiger charge is -2.31. The lowest BCUT2D eigenvalue weighted by atomic mass is 10.1. The minimum absolute atomic E-state index is 0.111. The van der Waals surface area contributed by atoms with Crippen molar-refractivity contribution in [3.8, 4) is 0 Å². The van der Waals surface area contributed by atoms with Gasteiger partial charge in [0.1, 0.15) is 12.1 Å². The molecule has 1 aliphatic heterocycles. The second-order valence-corrected chi connectivity index (χ2v) is 5.43. The van der Waals surface area contributed by atoms with Crippen LogP contribution in [0.2, 0.25) is 0 Å². The summed E-state index contributed by atoms with van der Waals surface area (Å²) in [5, 5.41) is 11.6. The number of likely N-dealkylation sites (N-methyl/N-ethyl adjacent to an activating group) is 1.